The molecule has 0 spiro atoms. The van der Waals surface area contributed by atoms with Crippen molar-refractivity contribution in [3.63, 3.8) is 0 Å². The van der Waals surface area contributed by atoms with Crippen LogP contribution in [0.4, 0.5) is 10.5 Å². The molecule has 0 radical (unpaired) electrons. The Morgan fingerprint density at radius 1 is 1.00 bits per heavy atom. The second-order valence-corrected chi connectivity index (χ2v) is 9.64. The van der Waals surface area contributed by atoms with Crippen LogP contribution in [-0.4, -0.2) is 46.1 Å². The number of benzene rings is 3. The average molecular weight is 516 g/mol. The summed E-state index contributed by atoms with van der Waals surface area (Å²) in [5, 5.41) is 15.2. The lowest BCUT2D eigenvalue weighted by atomic mass is 9.91. The van der Waals surface area contributed by atoms with Crippen molar-refractivity contribution in [1.82, 2.24) is 10.2 Å². The van der Waals surface area contributed by atoms with Crippen molar-refractivity contribution in [1.29, 1.82) is 0 Å². The number of carboxylic acids is 1. The molecule has 3 aromatic rings. The topological polar surface area (TPSA) is 108 Å². The molecule has 3 atom stereocenters. The van der Waals surface area contributed by atoms with Gasteiger partial charge in [-0.1, -0.05) is 66.7 Å². The minimum absolute atomic E-state index is 0.193. The van der Waals surface area contributed by atoms with E-state index in [0.717, 1.165) is 22.3 Å². The van der Waals surface area contributed by atoms with Crippen molar-refractivity contribution in [2.24, 2.45) is 0 Å². The second kappa shape index (κ2) is 12.4. The fourth-order valence-corrected chi connectivity index (χ4v) is 4.72. The van der Waals surface area contributed by atoms with Crippen LogP contribution in [0, 0.1) is 6.92 Å². The maximum absolute atomic E-state index is 14.0. The summed E-state index contributed by atoms with van der Waals surface area (Å²) in [6.45, 7) is 4.18. The SMILES string of the molecule is Cc1cccc(NC(=O)NC(C(=O)N2Cc3ccccc3C[C@@H]2CC(=O)O)C(C)OCc2ccccc2)c1. The van der Waals surface area contributed by atoms with Gasteiger partial charge in [-0.25, -0.2) is 4.79 Å². The molecule has 0 fully saturated rings. The van der Waals surface area contributed by atoms with E-state index >= 15 is 0 Å². The van der Waals surface area contributed by atoms with Crippen LogP contribution in [-0.2, 0) is 33.9 Å². The number of fused-ring (bicyclic) bond motifs is 1. The lowest BCUT2D eigenvalue weighted by molar-refractivity contribution is -0.144. The monoisotopic (exact) mass is 515 g/mol. The van der Waals surface area contributed by atoms with E-state index in [4.69, 9.17) is 4.74 Å². The van der Waals surface area contributed by atoms with Crippen molar-refractivity contribution in [3.05, 3.63) is 101 Å². The van der Waals surface area contributed by atoms with Crippen LogP contribution in [0.25, 0.3) is 0 Å². The van der Waals surface area contributed by atoms with Crippen molar-refractivity contribution < 1.29 is 24.2 Å². The highest BCUT2D eigenvalue weighted by molar-refractivity contribution is 5.94. The summed E-state index contributed by atoms with van der Waals surface area (Å²) in [7, 11) is 0. The number of carbonyl (C=O) groups is 3. The Balaban J connectivity index is 1.57. The van der Waals surface area contributed by atoms with Gasteiger partial charge < -0.3 is 25.4 Å². The van der Waals surface area contributed by atoms with E-state index in [1.807, 2.05) is 79.7 Å². The largest absolute Gasteiger partial charge is 0.481 e. The third kappa shape index (κ3) is 6.98. The number of aryl methyl sites for hydroxylation is 1. The van der Waals surface area contributed by atoms with E-state index in [-0.39, 0.29) is 25.5 Å². The molecule has 198 valence electrons. The normalized spacial score (nSPS) is 16.2. The molecule has 1 heterocycles. The van der Waals surface area contributed by atoms with E-state index in [9.17, 15) is 19.5 Å². The van der Waals surface area contributed by atoms with Crippen LogP contribution in [0.15, 0.2) is 78.9 Å². The third-order valence-corrected chi connectivity index (χ3v) is 6.70. The number of amides is 3. The van der Waals surface area contributed by atoms with Gasteiger partial charge in [0, 0.05) is 18.3 Å². The van der Waals surface area contributed by atoms with Crippen LogP contribution in [0.3, 0.4) is 0 Å². The third-order valence-electron chi connectivity index (χ3n) is 6.70. The summed E-state index contributed by atoms with van der Waals surface area (Å²) >= 11 is 0. The zero-order valence-electron chi connectivity index (χ0n) is 21.6. The van der Waals surface area contributed by atoms with Crippen molar-refractivity contribution >= 4 is 23.6 Å². The Morgan fingerprint density at radius 3 is 2.42 bits per heavy atom. The molecule has 0 bridgehead atoms. The molecule has 1 aliphatic rings. The van der Waals surface area contributed by atoms with Gasteiger partial charge in [-0.3, -0.25) is 9.59 Å². The first-order valence-corrected chi connectivity index (χ1v) is 12.7. The maximum atomic E-state index is 14.0. The summed E-state index contributed by atoms with van der Waals surface area (Å²) in [6.07, 6.45) is -0.453. The maximum Gasteiger partial charge on any atom is 0.319 e. The first-order valence-electron chi connectivity index (χ1n) is 12.7. The number of carbonyl (C=O) groups excluding carboxylic acids is 2. The van der Waals surface area contributed by atoms with E-state index in [0.29, 0.717) is 12.1 Å². The number of carboxylic acid groups (broad SMARTS) is 1. The smallest absolute Gasteiger partial charge is 0.319 e. The van der Waals surface area contributed by atoms with Crippen LogP contribution in [0.5, 0.6) is 0 Å². The fourth-order valence-electron chi connectivity index (χ4n) is 4.72. The van der Waals surface area contributed by atoms with Gasteiger partial charge >= 0.3 is 12.0 Å². The van der Waals surface area contributed by atoms with E-state index in [1.165, 1.54) is 0 Å². The summed E-state index contributed by atoms with van der Waals surface area (Å²) < 4.78 is 6.05. The number of urea groups is 1. The molecule has 0 aliphatic carbocycles. The molecular formula is C30H33N3O5. The Labute approximate surface area is 222 Å². The Morgan fingerprint density at radius 2 is 1.71 bits per heavy atom. The summed E-state index contributed by atoms with van der Waals surface area (Å²) in [5.41, 5.74) is 4.51. The molecule has 3 N–H and O–H groups in total. The lowest BCUT2D eigenvalue weighted by Crippen LogP contribution is -2.58. The Hall–Kier alpha value is -4.17. The number of anilines is 1. The Kier molecular flexibility index (Phi) is 8.76. The van der Waals surface area contributed by atoms with Gasteiger partial charge in [0.15, 0.2) is 0 Å². The predicted molar refractivity (Wildman–Crippen MR) is 145 cm³/mol. The van der Waals surface area contributed by atoms with Crippen LogP contribution < -0.4 is 10.6 Å². The van der Waals surface area contributed by atoms with Gasteiger partial charge in [0.05, 0.1) is 19.1 Å². The van der Waals surface area contributed by atoms with Gasteiger partial charge in [-0.15, -0.1) is 0 Å². The molecule has 3 amide bonds. The standard InChI is InChI=1S/C30H33N3O5/c1-20-9-8-14-25(15-20)31-30(37)32-28(21(2)38-19-22-10-4-3-5-11-22)29(36)33-18-24-13-7-6-12-23(24)16-26(33)17-27(34)35/h3-15,21,26,28H,16-19H2,1-2H3,(H,34,35)(H2,31,32,37)/t21?,26-,28?/m1/s1. The number of nitrogens with zero attached hydrogens (tertiary/aromatic N) is 1. The highest BCUT2D eigenvalue weighted by atomic mass is 16.5. The van der Waals surface area contributed by atoms with Gasteiger partial charge in [0.1, 0.15) is 6.04 Å². The first-order chi connectivity index (χ1) is 18.3. The summed E-state index contributed by atoms with van der Waals surface area (Å²) in [5.74, 6) is -1.37. The number of aliphatic carboxylic acids is 1. The van der Waals surface area contributed by atoms with E-state index in [1.54, 1.807) is 17.9 Å². The van der Waals surface area contributed by atoms with E-state index in [2.05, 4.69) is 10.6 Å². The molecule has 8 nitrogen and oxygen atoms in total. The minimum atomic E-state index is -1.04. The van der Waals surface area contributed by atoms with Crippen LogP contribution in [0.1, 0.15) is 35.6 Å². The van der Waals surface area contributed by atoms with Crippen LogP contribution in [0.2, 0.25) is 0 Å². The van der Waals surface area contributed by atoms with Gasteiger partial charge in [-0.05, 0) is 54.7 Å². The highest BCUT2D eigenvalue weighted by Gasteiger charge is 2.38. The molecule has 3 aromatic carbocycles. The van der Waals surface area contributed by atoms with Crippen LogP contribution >= 0.6 is 0 Å². The minimum Gasteiger partial charge on any atom is -0.481 e. The molecule has 4 rings (SSSR count). The number of nitrogens with one attached hydrogen (secondary N) is 2. The molecule has 1 aliphatic heterocycles. The lowest BCUT2D eigenvalue weighted by Gasteiger charge is -2.39. The fraction of sp³-hybridized carbons (Fsp3) is 0.300. The second-order valence-electron chi connectivity index (χ2n) is 9.64. The molecule has 0 aromatic heterocycles. The summed E-state index contributed by atoms with van der Waals surface area (Å²) in [6, 6.07) is 22.5. The molecule has 0 saturated heterocycles. The zero-order chi connectivity index (χ0) is 27.1. The Bertz CT molecular complexity index is 1280. The predicted octanol–water partition coefficient (Wildman–Crippen LogP) is 4.52. The number of hydrogen-bond acceptors (Lipinski definition) is 4. The quantitative estimate of drug-likeness (QED) is 0.388. The highest BCUT2D eigenvalue weighted by Crippen LogP contribution is 2.26. The first kappa shape index (κ1) is 26.9. The molecule has 8 heteroatoms. The zero-order valence-corrected chi connectivity index (χ0v) is 21.6. The van der Waals surface area contributed by atoms with E-state index < -0.39 is 30.2 Å². The molecule has 0 saturated carbocycles. The van der Waals surface area contributed by atoms with Crippen molar-refractivity contribution in [2.45, 2.75) is 58.0 Å². The number of rotatable bonds is 9. The molecule has 38 heavy (non-hydrogen) atoms. The number of ether oxygens (including phenoxy) is 1. The van der Waals surface area contributed by atoms with Crippen molar-refractivity contribution in [3.8, 4) is 0 Å². The van der Waals surface area contributed by atoms with Gasteiger partial charge in [0.25, 0.3) is 0 Å². The van der Waals surface area contributed by atoms with Gasteiger partial charge in [-0.2, -0.15) is 0 Å². The molecular weight excluding hydrogens is 482 g/mol. The number of hydrogen-bond donors (Lipinski definition) is 3. The van der Waals surface area contributed by atoms with Gasteiger partial charge in [0.2, 0.25) is 5.91 Å². The summed E-state index contributed by atoms with van der Waals surface area (Å²) in [4.78, 5) is 40.3. The molecule has 2 unspecified atom stereocenters. The average Bonchev–Trinajstić information content (AvgIpc) is 2.90. The van der Waals surface area contributed by atoms with Crippen molar-refractivity contribution in [2.75, 3.05) is 5.32 Å².